The van der Waals surface area contributed by atoms with Gasteiger partial charge in [0.25, 0.3) is 0 Å². The fraction of sp³-hybridized carbons (Fsp3) is 0.933. The van der Waals surface area contributed by atoms with Crippen LogP contribution in [0.4, 0.5) is 0 Å². The van der Waals surface area contributed by atoms with Crippen molar-refractivity contribution in [2.75, 3.05) is 0 Å². The molecular weight excluding hydrogens is 210 g/mol. The third-order valence-electron chi connectivity index (χ3n) is 5.28. The van der Waals surface area contributed by atoms with Crippen LogP contribution in [-0.4, -0.2) is 10.7 Å². The van der Waals surface area contributed by atoms with Gasteiger partial charge in [0.2, 0.25) is 0 Å². The summed E-state index contributed by atoms with van der Waals surface area (Å²) >= 11 is 0. The van der Waals surface area contributed by atoms with Crippen LogP contribution in [0.25, 0.3) is 0 Å². The molecule has 0 spiro atoms. The van der Waals surface area contributed by atoms with E-state index in [1.165, 1.54) is 19.3 Å². The van der Waals surface area contributed by atoms with Gasteiger partial charge in [0, 0.05) is 0 Å². The molecule has 0 amide bonds. The zero-order chi connectivity index (χ0) is 12.5. The number of hydrogen-bond donors (Lipinski definition) is 1. The molecule has 1 N–H and O–H groups in total. The van der Waals surface area contributed by atoms with Crippen LogP contribution in [0.2, 0.25) is 0 Å². The summed E-state index contributed by atoms with van der Waals surface area (Å²) in [6.07, 6.45) is 8.71. The van der Waals surface area contributed by atoms with E-state index >= 15 is 0 Å². The molecular formula is C15H25NO. The van der Waals surface area contributed by atoms with Gasteiger partial charge in [0.05, 0.1) is 17.1 Å². The molecule has 4 atom stereocenters. The van der Waals surface area contributed by atoms with E-state index in [-0.39, 0.29) is 0 Å². The van der Waals surface area contributed by atoms with E-state index in [0.29, 0.717) is 11.8 Å². The Kier molecular flexibility index (Phi) is 3.50. The van der Waals surface area contributed by atoms with Crippen LogP contribution >= 0.6 is 0 Å². The number of rotatable bonds is 5. The van der Waals surface area contributed by atoms with Crippen LogP contribution in [0.3, 0.4) is 0 Å². The molecule has 0 radical (unpaired) electrons. The summed E-state index contributed by atoms with van der Waals surface area (Å²) in [6, 6.07) is 2.53. The maximum absolute atomic E-state index is 10.8. The molecule has 96 valence electrons. The van der Waals surface area contributed by atoms with Crippen molar-refractivity contribution in [2.24, 2.45) is 17.3 Å². The molecule has 0 aromatic heterocycles. The molecule has 2 aliphatic carbocycles. The lowest BCUT2D eigenvalue weighted by molar-refractivity contribution is -0.0745. The van der Waals surface area contributed by atoms with Gasteiger partial charge in [-0.1, -0.05) is 32.6 Å². The molecule has 2 aliphatic rings. The maximum Gasteiger partial charge on any atom is 0.0888 e. The molecule has 2 saturated carbocycles. The predicted molar refractivity (Wildman–Crippen MR) is 68.3 cm³/mol. The smallest absolute Gasteiger partial charge is 0.0888 e. The average molecular weight is 235 g/mol. The minimum absolute atomic E-state index is 0.441. The Morgan fingerprint density at radius 3 is 2.65 bits per heavy atom. The van der Waals surface area contributed by atoms with Crippen LogP contribution in [0.1, 0.15) is 65.2 Å². The van der Waals surface area contributed by atoms with Crippen molar-refractivity contribution in [3.05, 3.63) is 0 Å². The summed E-state index contributed by atoms with van der Waals surface area (Å²) in [6.45, 7) is 4.08. The molecule has 4 unspecified atom stereocenters. The molecule has 2 rings (SSSR count). The van der Waals surface area contributed by atoms with Crippen molar-refractivity contribution in [1.29, 1.82) is 5.26 Å². The second-order valence-electron chi connectivity index (χ2n) is 6.39. The summed E-state index contributed by atoms with van der Waals surface area (Å²) in [5.41, 5.74) is -1.22. The highest BCUT2D eigenvalue weighted by Gasteiger charge is 2.59. The first-order valence-electron chi connectivity index (χ1n) is 7.19. The normalized spacial score (nSPS) is 38.9. The highest BCUT2D eigenvalue weighted by Crippen LogP contribution is 2.61. The standard InChI is InChI=1S/C15H25NO/c1-3-4-5-8-14(2,17)15(11-16)10-12-6-7-13(15)9-12/h12-13,17H,3-10H2,1-2H3. The number of nitrogens with zero attached hydrogens (tertiary/aromatic N) is 1. The highest BCUT2D eigenvalue weighted by atomic mass is 16.3. The van der Waals surface area contributed by atoms with E-state index in [1.807, 2.05) is 6.92 Å². The van der Waals surface area contributed by atoms with Gasteiger partial charge in [-0.25, -0.2) is 0 Å². The molecule has 2 fully saturated rings. The van der Waals surface area contributed by atoms with Gasteiger partial charge in [-0.05, 0) is 44.4 Å². The van der Waals surface area contributed by atoms with Crippen molar-refractivity contribution < 1.29 is 5.11 Å². The lowest BCUT2D eigenvalue weighted by Crippen LogP contribution is -2.48. The molecule has 0 aromatic carbocycles. The second kappa shape index (κ2) is 4.61. The Balaban J connectivity index is 2.10. The van der Waals surface area contributed by atoms with Crippen molar-refractivity contribution in [2.45, 2.75) is 70.8 Å². The summed E-state index contributed by atoms with van der Waals surface area (Å²) in [5, 5.41) is 20.4. The lowest BCUT2D eigenvalue weighted by atomic mass is 9.62. The van der Waals surface area contributed by atoms with Gasteiger partial charge >= 0.3 is 0 Å². The molecule has 0 saturated heterocycles. The third-order valence-corrected chi connectivity index (χ3v) is 5.28. The average Bonchev–Trinajstić information content (AvgIpc) is 2.89. The Morgan fingerprint density at radius 1 is 1.41 bits per heavy atom. The largest absolute Gasteiger partial charge is 0.389 e. The Morgan fingerprint density at radius 2 is 2.18 bits per heavy atom. The Bertz CT molecular complexity index is 317. The number of aliphatic hydroxyl groups is 1. The molecule has 0 aliphatic heterocycles. The summed E-state index contributed by atoms with van der Waals surface area (Å²) < 4.78 is 0. The van der Waals surface area contributed by atoms with Gasteiger partial charge < -0.3 is 5.11 Å². The maximum atomic E-state index is 10.8. The molecule has 2 heteroatoms. The number of nitriles is 1. The van der Waals surface area contributed by atoms with Gasteiger partial charge in [-0.3, -0.25) is 0 Å². The lowest BCUT2D eigenvalue weighted by Gasteiger charge is -2.43. The summed E-state index contributed by atoms with van der Waals surface area (Å²) in [5.74, 6) is 1.16. The van der Waals surface area contributed by atoms with Crippen LogP contribution in [0, 0.1) is 28.6 Å². The van der Waals surface area contributed by atoms with E-state index in [9.17, 15) is 10.4 Å². The Labute approximate surface area is 105 Å². The molecule has 0 aromatic rings. The molecule has 17 heavy (non-hydrogen) atoms. The van der Waals surface area contributed by atoms with E-state index in [1.54, 1.807) is 0 Å². The first-order chi connectivity index (χ1) is 8.05. The molecule has 2 nitrogen and oxygen atoms in total. The van der Waals surface area contributed by atoms with E-state index in [0.717, 1.165) is 32.1 Å². The fourth-order valence-corrected chi connectivity index (χ4v) is 4.19. The van der Waals surface area contributed by atoms with Crippen LogP contribution in [0.5, 0.6) is 0 Å². The van der Waals surface area contributed by atoms with E-state index in [4.69, 9.17) is 0 Å². The highest BCUT2D eigenvalue weighted by molar-refractivity contribution is 5.19. The quantitative estimate of drug-likeness (QED) is 0.739. The van der Waals surface area contributed by atoms with E-state index < -0.39 is 11.0 Å². The molecule has 0 heterocycles. The van der Waals surface area contributed by atoms with Crippen LogP contribution in [-0.2, 0) is 0 Å². The van der Waals surface area contributed by atoms with E-state index in [2.05, 4.69) is 13.0 Å². The van der Waals surface area contributed by atoms with Gasteiger partial charge in [0.15, 0.2) is 0 Å². The number of fused-ring (bicyclic) bond motifs is 2. The molecule has 2 bridgehead atoms. The van der Waals surface area contributed by atoms with Crippen molar-refractivity contribution in [3.63, 3.8) is 0 Å². The third kappa shape index (κ3) is 1.99. The first-order valence-corrected chi connectivity index (χ1v) is 7.19. The zero-order valence-electron chi connectivity index (χ0n) is 11.2. The number of hydrogen-bond acceptors (Lipinski definition) is 2. The van der Waals surface area contributed by atoms with Gasteiger partial charge in [0.1, 0.15) is 0 Å². The number of unbranched alkanes of at least 4 members (excludes halogenated alkanes) is 2. The van der Waals surface area contributed by atoms with Gasteiger partial charge in [-0.2, -0.15) is 5.26 Å². The van der Waals surface area contributed by atoms with Crippen LogP contribution in [0.15, 0.2) is 0 Å². The van der Waals surface area contributed by atoms with Gasteiger partial charge in [-0.15, -0.1) is 0 Å². The summed E-state index contributed by atoms with van der Waals surface area (Å²) in [4.78, 5) is 0. The minimum atomic E-state index is -0.781. The fourth-order valence-electron chi connectivity index (χ4n) is 4.19. The zero-order valence-corrected chi connectivity index (χ0v) is 11.2. The SMILES string of the molecule is CCCCCC(C)(O)C1(C#N)CC2CCC1C2. The second-order valence-corrected chi connectivity index (χ2v) is 6.39. The van der Waals surface area contributed by atoms with Crippen molar-refractivity contribution in [1.82, 2.24) is 0 Å². The topological polar surface area (TPSA) is 44.0 Å². The summed E-state index contributed by atoms with van der Waals surface area (Å²) in [7, 11) is 0. The predicted octanol–water partition coefficient (Wildman–Crippen LogP) is 3.65. The monoisotopic (exact) mass is 235 g/mol. The first kappa shape index (κ1) is 12.9. The van der Waals surface area contributed by atoms with Crippen molar-refractivity contribution in [3.8, 4) is 6.07 Å². The Hall–Kier alpha value is -0.550. The van der Waals surface area contributed by atoms with Crippen molar-refractivity contribution >= 4 is 0 Å². The minimum Gasteiger partial charge on any atom is -0.389 e. The van der Waals surface area contributed by atoms with Crippen LogP contribution < -0.4 is 0 Å².